The number of ketones is 1. The molecule has 3 aromatic rings. The average Bonchev–Trinajstić information content (AvgIpc) is 3.01. The predicted molar refractivity (Wildman–Crippen MR) is 169 cm³/mol. The van der Waals surface area contributed by atoms with E-state index in [0.717, 1.165) is 5.56 Å². The van der Waals surface area contributed by atoms with Crippen LogP contribution in [0, 0.1) is 5.92 Å². The van der Waals surface area contributed by atoms with Crippen molar-refractivity contribution in [1.29, 1.82) is 0 Å². The smallest absolute Gasteiger partial charge is 0.405 e. The first-order valence-corrected chi connectivity index (χ1v) is 15.2. The summed E-state index contributed by atoms with van der Waals surface area (Å²) in [6.45, 7) is 1.07. The van der Waals surface area contributed by atoms with Gasteiger partial charge >= 0.3 is 6.18 Å². The van der Waals surface area contributed by atoms with Gasteiger partial charge in [-0.15, -0.1) is 0 Å². The Morgan fingerprint density at radius 2 is 1.30 bits per heavy atom. The van der Waals surface area contributed by atoms with Crippen molar-refractivity contribution in [2.24, 2.45) is 5.92 Å². The van der Waals surface area contributed by atoms with E-state index in [4.69, 9.17) is 27.9 Å². The Labute approximate surface area is 279 Å². The molecule has 0 aliphatic heterocycles. The summed E-state index contributed by atoms with van der Waals surface area (Å²) < 4.78 is 58.3. The maximum absolute atomic E-state index is 14.8. The van der Waals surface area contributed by atoms with Crippen LogP contribution >= 0.6 is 23.2 Å². The van der Waals surface area contributed by atoms with Gasteiger partial charge in [-0.25, -0.2) is 4.39 Å². The summed E-state index contributed by atoms with van der Waals surface area (Å²) in [7, 11) is 0. The molecule has 0 aliphatic rings. The number of carbonyl (C=O) groups excluding carboxylic acids is 4. The molecule has 8 nitrogen and oxygen atoms in total. The van der Waals surface area contributed by atoms with Gasteiger partial charge in [0.15, 0.2) is 11.9 Å². The van der Waals surface area contributed by atoms with Gasteiger partial charge in [0.05, 0.1) is 6.04 Å². The molecule has 0 fully saturated rings. The normalized spacial score (nSPS) is 14.0. The van der Waals surface area contributed by atoms with Crippen LogP contribution in [0.2, 0.25) is 10.0 Å². The number of halogens is 6. The fourth-order valence-corrected chi connectivity index (χ4v) is 4.99. The van der Waals surface area contributed by atoms with E-state index < -0.39 is 66.5 Å². The van der Waals surface area contributed by atoms with Crippen LogP contribution < -0.4 is 20.7 Å². The number of hydrogen-bond donors (Lipinski definition) is 3. The fraction of sp³-hybridized carbons (Fsp3) is 0.333. The van der Waals surface area contributed by atoms with Crippen molar-refractivity contribution < 1.29 is 41.5 Å². The van der Waals surface area contributed by atoms with E-state index in [2.05, 4.69) is 10.6 Å². The summed E-state index contributed by atoms with van der Waals surface area (Å²) in [5.74, 6) is -5.45. The summed E-state index contributed by atoms with van der Waals surface area (Å²) in [5, 5.41) is 6.89. The van der Waals surface area contributed by atoms with E-state index >= 15 is 0 Å². The standard InChI is InChI=1S/C33H33Cl2F4N3O5/c1-19(2)28(29(43)27(36)32(46)40-18-33(37,38)39)42-30(44)25(13-20-9-5-3-6-10-20)41-31(45)26(14-21-11-7-4-8-12-21)47-24-16-22(34)15-23(35)17-24/h3-12,15-17,19,25-28H,13-14,18H2,1-2H3,(H,40,46)(H,41,45)(H,42,44). The topological polar surface area (TPSA) is 114 Å². The van der Waals surface area contributed by atoms with Gasteiger partial charge < -0.3 is 20.7 Å². The van der Waals surface area contributed by atoms with Crippen LogP contribution in [0.15, 0.2) is 78.9 Å². The Morgan fingerprint density at radius 1 is 0.766 bits per heavy atom. The fourth-order valence-electron chi connectivity index (χ4n) is 4.48. The van der Waals surface area contributed by atoms with E-state index in [9.17, 15) is 36.7 Å². The second-order valence-corrected chi connectivity index (χ2v) is 11.9. The Morgan fingerprint density at radius 3 is 1.81 bits per heavy atom. The molecule has 4 atom stereocenters. The van der Waals surface area contributed by atoms with Crippen molar-refractivity contribution in [1.82, 2.24) is 16.0 Å². The quantitative estimate of drug-likeness (QED) is 0.145. The molecule has 3 amide bonds. The number of amides is 3. The van der Waals surface area contributed by atoms with Crippen LogP contribution in [-0.2, 0) is 32.0 Å². The number of ether oxygens (including phenoxy) is 1. The first-order valence-electron chi connectivity index (χ1n) is 14.5. The Kier molecular flexibility index (Phi) is 13.6. The Bertz CT molecular complexity index is 1510. The second kappa shape index (κ2) is 17.1. The summed E-state index contributed by atoms with van der Waals surface area (Å²) in [6, 6.07) is 18.9. The van der Waals surface area contributed by atoms with Gasteiger partial charge in [-0.3, -0.25) is 19.2 Å². The van der Waals surface area contributed by atoms with Gasteiger partial charge in [-0.05, 0) is 35.2 Å². The molecule has 0 aliphatic carbocycles. The summed E-state index contributed by atoms with van der Waals surface area (Å²) in [4.78, 5) is 52.3. The number of benzene rings is 3. The highest BCUT2D eigenvalue weighted by atomic mass is 35.5. The molecule has 0 saturated heterocycles. The van der Waals surface area contributed by atoms with E-state index in [0.29, 0.717) is 5.56 Å². The third kappa shape index (κ3) is 12.2. The highest BCUT2D eigenvalue weighted by Crippen LogP contribution is 2.26. The summed E-state index contributed by atoms with van der Waals surface area (Å²) >= 11 is 12.2. The zero-order valence-electron chi connectivity index (χ0n) is 25.3. The van der Waals surface area contributed by atoms with E-state index in [-0.39, 0.29) is 28.6 Å². The van der Waals surface area contributed by atoms with Crippen LogP contribution in [0.3, 0.4) is 0 Å². The molecule has 252 valence electrons. The van der Waals surface area contributed by atoms with E-state index in [1.807, 2.05) is 0 Å². The number of alkyl halides is 4. The molecule has 0 aromatic heterocycles. The number of nitrogens with one attached hydrogen (secondary N) is 3. The highest BCUT2D eigenvalue weighted by Gasteiger charge is 2.38. The molecule has 3 aromatic carbocycles. The molecule has 47 heavy (non-hydrogen) atoms. The van der Waals surface area contributed by atoms with Gasteiger partial charge in [0.25, 0.3) is 11.8 Å². The van der Waals surface area contributed by atoms with Crippen molar-refractivity contribution in [3.05, 3.63) is 100 Å². The molecule has 0 radical (unpaired) electrons. The third-order valence-corrected chi connectivity index (χ3v) is 7.24. The first-order chi connectivity index (χ1) is 22.1. The summed E-state index contributed by atoms with van der Waals surface area (Å²) in [5.41, 5.74) is 1.35. The van der Waals surface area contributed by atoms with Gasteiger partial charge in [-0.1, -0.05) is 97.7 Å². The number of Topliss-reactive ketones (excluding diaryl/α,β-unsaturated/α-hetero) is 1. The Balaban J connectivity index is 1.87. The van der Waals surface area contributed by atoms with E-state index in [1.165, 1.54) is 37.4 Å². The molecule has 4 unspecified atom stereocenters. The van der Waals surface area contributed by atoms with Crippen LogP contribution in [-0.4, -0.2) is 60.6 Å². The summed E-state index contributed by atoms with van der Waals surface area (Å²) in [6.07, 6.45) is -9.01. The van der Waals surface area contributed by atoms with Crippen molar-refractivity contribution in [2.75, 3.05) is 6.54 Å². The van der Waals surface area contributed by atoms with Crippen molar-refractivity contribution in [2.45, 2.75) is 57.2 Å². The van der Waals surface area contributed by atoms with E-state index in [1.54, 1.807) is 60.7 Å². The van der Waals surface area contributed by atoms with Crippen molar-refractivity contribution >= 4 is 46.7 Å². The number of carbonyl (C=O) groups is 4. The maximum atomic E-state index is 14.8. The maximum Gasteiger partial charge on any atom is 0.405 e. The number of rotatable bonds is 15. The molecule has 3 N–H and O–H groups in total. The van der Waals surface area contributed by atoms with Crippen molar-refractivity contribution in [3.8, 4) is 5.75 Å². The lowest BCUT2D eigenvalue weighted by molar-refractivity contribution is -0.146. The van der Waals surface area contributed by atoms with Crippen LogP contribution in [0.5, 0.6) is 5.75 Å². The van der Waals surface area contributed by atoms with Crippen molar-refractivity contribution in [3.63, 3.8) is 0 Å². The molecule has 14 heteroatoms. The minimum Gasteiger partial charge on any atom is -0.480 e. The minimum absolute atomic E-state index is 0.0659. The average molecular weight is 699 g/mol. The second-order valence-electron chi connectivity index (χ2n) is 11.0. The molecule has 0 spiro atoms. The highest BCUT2D eigenvalue weighted by molar-refractivity contribution is 6.34. The molecule has 0 heterocycles. The first kappa shape index (κ1) is 37.3. The molecule has 0 bridgehead atoms. The van der Waals surface area contributed by atoms with Crippen LogP contribution in [0.1, 0.15) is 25.0 Å². The molecule has 3 rings (SSSR count). The monoisotopic (exact) mass is 697 g/mol. The van der Waals surface area contributed by atoms with Gasteiger partial charge in [0.2, 0.25) is 12.1 Å². The molecule has 0 saturated carbocycles. The lowest BCUT2D eigenvalue weighted by Crippen LogP contribution is -2.58. The van der Waals surface area contributed by atoms with Gasteiger partial charge in [0, 0.05) is 22.9 Å². The molecular formula is C33H33Cl2F4N3O5. The Hall–Kier alpha value is -4.16. The lowest BCUT2D eigenvalue weighted by atomic mass is 9.95. The largest absolute Gasteiger partial charge is 0.480 e. The van der Waals surface area contributed by atoms with Gasteiger partial charge in [-0.2, -0.15) is 13.2 Å². The number of hydrogen-bond acceptors (Lipinski definition) is 5. The molecular weight excluding hydrogens is 665 g/mol. The van der Waals surface area contributed by atoms with Crippen LogP contribution in [0.25, 0.3) is 0 Å². The zero-order valence-corrected chi connectivity index (χ0v) is 26.8. The SMILES string of the molecule is CC(C)C(NC(=O)C(Cc1ccccc1)NC(=O)C(Cc1ccccc1)Oc1cc(Cl)cc(Cl)c1)C(=O)C(F)C(=O)NCC(F)(F)F. The zero-order chi connectivity index (χ0) is 34.7. The van der Waals surface area contributed by atoms with Gasteiger partial charge in [0.1, 0.15) is 18.3 Å². The minimum atomic E-state index is -4.83. The van der Waals surface area contributed by atoms with Crippen LogP contribution in [0.4, 0.5) is 17.6 Å². The lowest BCUT2D eigenvalue weighted by Gasteiger charge is -2.27. The third-order valence-electron chi connectivity index (χ3n) is 6.80. The predicted octanol–water partition coefficient (Wildman–Crippen LogP) is 5.44.